The van der Waals surface area contributed by atoms with Gasteiger partial charge in [-0.05, 0) is 121 Å². The second kappa shape index (κ2) is 11.8. The van der Waals surface area contributed by atoms with E-state index in [1.807, 2.05) is 17.4 Å². The van der Waals surface area contributed by atoms with Crippen molar-refractivity contribution in [2.45, 2.75) is 32.1 Å². The van der Waals surface area contributed by atoms with Gasteiger partial charge >= 0.3 is 0 Å². The van der Waals surface area contributed by atoms with Crippen molar-refractivity contribution < 1.29 is 4.42 Å². The molecule has 1 nitrogen and oxygen atoms in total. The number of allylic oxidation sites excluding steroid dienone is 5. The summed E-state index contributed by atoms with van der Waals surface area (Å²) in [5.41, 5.74) is 11.7. The van der Waals surface area contributed by atoms with Crippen molar-refractivity contribution in [2.24, 2.45) is 5.92 Å². The highest BCUT2D eigenvalue weighted by Gasteiger charge is 2.23. The van der Waals surface area contributed by atoms with Gasteiger partial charge in [-0.3, -0.25) is 0 Å². The van der Waals surface area contributed by atoms with Gasteiger partial charge in [0.05, 0.1) is 0 Å². The van der Waals surface area contributed by atoms with E-state index in [0.717, 1.165) is 43.3 Å². The molecule has 0 saturated carbocycles. The van der Waals surface area contributed by atoms with Crippen LogP contribution in [0.4, 0.5) is 0 Å². The minimum atomic E-state index is 0.348. The lowest BCUT2D eigenvalue weighted by Gasteiger charge is -2.24. The fourth-order valence-electron chi connectivity index (χ4n) is 9.75. The van der Waals surface area contributed by atoms with Gasteiger partial charge in [0.2, 0.25) is 0 Å². The van der Waals surface area contributed by atoms with Crippen LogP contribution in [-0.2, 0) is 6.42 Å². The molecule has 1 unspecified atom stereocenters. The predicted molar refractivity (Wildman–Crippen MR) is 232 cm³/mol. The van der Waals surface area contributed by atoms with Gasteiger partial charge in [0, 0.05) is 36.7 Å². The first-order valence-electron chi connectivity index (χ1n) is 19.4. The highest BCUT2D eigenvalue weighted by molar-refractivity contribution is 7.18. The second-order valence-corrected chi connectivity index (χ2v) is 16.4. The molecule has 0 fully saturated rings. The average Bonchev–Trinajstić information content (AvgIpc) is 3.79. The zero-order valence-corrected chi connectivity index (χ0v) is 30.7. The number of hydrogen-bond acceptors (Lipinski definition) is 2. The summed E-state index contributed by atoms with van der Waals surface area (Å²) in [7, 11) is 0. The zero-order chi connectivity index (χ0) is 35.3. The Morgan fingerprint density at radius 2 is 1.37 bits per heavy atom. The van der Waals surface area contributed by atoms with Crippen LogP contribution >= 0.6 is 11.3 Å². The molecule has 7 aromatic carbocycles. The molecule has 0 radical (unpaired) electrons. The van der Waals surface area contributed by atoms with Crippen LogP contribution in [0.15, 0.2) is 143 Å². The lowest BCUT2D eigenvalue weighted by molar-refractivity contribution is 0.669. The van der Waals surface area contributed by atoms with Gasteiger partial charge in [0.15, 0.2) is 0 Å². The van der Waals surface area contributed by atoms with Crippen LogP contribution in [0.3, 0.4) is 0 Å². The van der Waals surface area contributed by atoms with Gasteiger partial charge in [0.25, 0.3) is 0 Å². The average molecular weight is 709 g/mol. The molecule has 0 amide bonds. The Morgan fingerprint density at radius 3 is 2.20 bits per heavy atom. The third kappa shape index (κ3) is 4.56. The van der Waals surface area contributed by atoms with Gasteiger partial charge in [-0.25, -0.2) is 0 Å². The summed E-state index contributed by atoms with van der Waals surface area (Å²) < 4.78 is 9.08. The van der Waals surface area contributed by atoms with E-state index in [1.165, 1.54) is 102 Å². The van der Waals surface area contributed by atoms with E-state index in [4.69, 9.17) is 4.42 Å². The monoisotopic (exact) mass is 708 g/mol. The smallest absolute Gasteiger partial charge is 0.136 e. The maximum absolute atomic E-state index is 6.33. The first kappa shape index (κ1) is 30.5. The zero-order valence-electron chi connectivity index (χ0n) is 29.9. The Labute approximate surface area is 317 Å². The summed E-state index contributed by atoms with van der Waals surface area (Å²) >= 11 is 1.93. The van der Waals surface area contributed by atoms with E-state index in [9.17, 15) is 0 Å². The summed E-state index contributed by atoms with van der Waals surface area (Å²) in [6, 6.07) is 43.0. The summed E-state index contributed by atoms with van der Waals surface area (Å²) in [5.74, 6) is 0.348. The fraction of sp³-hybridized carbons (Fsp3) is 0.115. The van der Waals surface area contributed by atoms with Crippen molar-refractivity contribution in [1.82, 2.24) is 0 Å². The molecule has 2 heterocycles. The van der Waals surface area contributed by atoms with Crippen molar-refractivity contribution in [3.8, 4) is 11.1 Å². The molecular formula is C52H36OS. The topological polar surface area (TPSA) is 13.1 Å². The first-order valence-corrected chi connectivity index (χ1v) is 20.2. The Hall–Kier alpha value is -5.96. The molecule has 2 aromatic heterocycles. The Morgan fingerprint density at radius 1 is 0.593 bits per heavy atom. The maximum Gasteiger partial charge on any atom is 0.136 e. The molecule has 3 aliphatic carbocycles. The fourth-order valence-corrected chi connectivity index (χ4v) is 11.0. The van der Waals surface area contributed by atoms with Crippen LogP contribution in [0.2, 0.25) is 0 Å². The van der Waals surface area contributed by atoms with Crippen molar-refractivity contribution in [2.75, 3.05) is 0 Å². The normalized spacial score (nSPS) is 16.8. The molecule has 12 rings (SSSR count). The van der Waals surface area contributed by atoms with Gasteiger partial charge in [-0.15, -0.1) is 11.3 Å². The Balaban J connectivity index is 0.984. The molecule has 0 N–H and O–H groups in total. The molecule has 9 aromatic rings. The molecule has 2 heteroatoms. The number of para-hydroxylation sites is 1. The minimum Gasteiger partial charge on any atom is -0.456 e. The van der Waals surface area contributed by atoms with Gasteiger partial charge in [0.1, 0.15) is 11.2 Å². The molecule has 0 aliphatic heterocycles. The summed E-state index contributed by atoms with van der Waals surface area (Å²) in [4.78, 5) is 0. The lowest BCUT2D eigenvalue weighted by Crippen LogP contribution is -2.25. The molecule has 1 atom stereocenters. The predicted octanol–water partition coefficient (Wildman–Crippen LogP) is 13.3. The third-order valence-corrected chi connectivity index (χ3v) is 13.5. The quantitative estimate of drug-likeness (QED) is 0.167. The largest absolute Gasteiger partial charge is 0.456 e. The number of benzene rings is 7. The van der Waals surface area contributed by atoms with Gasteiger partial charge < -0.3 is 4.42 Å². The summed E-state index contributed by atoms with van der Waals surface area (Å²) in [5, 5.41) is 13.1. The lowest BCUT2D eigenvalue weighted by atomic mass is 9.80. The van der Waals surface area contributed by atoms with E-state index in [0.29, 0.717) is 5.92 Å². The molecule has 0 saturated heterocycles. The highest BCUT2D eigenvalue weighted by Crippen LogP contribution is 2.45. The van der Waals surface area contributed by atoms with E-state index >= 15 is 0 Å². The van der Waals surface area contributed by atoms with Crippen molar-refractivity contribution >= 4 is 99.5 Å². The van der Waals surface area contributed by atoms with E-state index < -0.39 is 0 Å². The molecule has 3 aliphatic rings. The van der Waals surface area contributed by atoms with E-state index in [1.54, 1.807) is 0 Å². The summed E-state index contributed by atoms with van der Waals surface area (Å²) in [6.45, 7) is 0. The number of rotatable bonds is 3. The minimum absolute atomic E-state index is 0.348. The Bertz CT molecular complexity index is 3250. The van der Waals surface area contributed by atoms with Crippen molar-refractivity contribution in [3.05, 3.63) is 166 Å². The second-order valence-electron chi connectivity index (χ2n) is 15.3. The van der Waals surface area contributed by atoms with Crippen LogP contribution in [-0.4, -0.2) is 0 Å². The molecule has 256 valence electrons. The molecule has 0 bridgehead atoms. The van der Waals surface area contributed by atoms with Crippen LogP contribution in [0.25, 0.3) is 99.3 Å². The number of thiophene rings is 1. The number of furan rings is 1. The molecule has 54 heavy (non-hydrogen) atoms. The third-order valence-electron chi connectivity index (χ3n) is 12.3. The SMILES string of the molecule is C1=Cc2ccc(-c3c4ccccc4c(C4=CC(C5C=c6c(sc7c6ccc6cc8c(cc67)oc6ccccc68)=CC5)=CCC4)c4ccccc34)cc2CC1. The van der Waals surface area contributed by atoms with Crippen LogP contribution < -0.4 is 9.75 Å². The van der Waals surface area contributed by atoms with Crippen molar-refractivity contribution in [1.29, 1.82) is 0 Å². The first-order chi connectivity index (χ1) is 26.7. The number of hydrogen-bond donors (Lipinski definition) is 0. The van der Waals surface area contributed by atoms with E-state index in [-0.39, 0.29) is 0 Å². The van der Waals surface area contributed by atoms with Crippen LogP contribution in [0, 0.1) is 5.92 Å². The van der Waals surface area contributed by atoms with Crippen LogP contribution in [0.5, 0.6) is 0 Å². The van der Waals surface area contributed by atoms with Crippen LogP contribution in [0.1, 0.15) is 42.4 Å². The summed E-state index contributed by atoms with van der Waals surface area (Å²) in [6.07, 6.45) is 20.0. The number of aryl methyl sites for hydroxylation is 1. The highest BCUT2D eigenvalue weighted by atomic mass is 32.1. The Kier molecular flexibility index (Phi) is 6.65. The van der Waals surface area contributed by atoms with Gasteiger partial charge in [-0.1, -0.05) is 134 Å². The number of fused-ring (bicyclic) bond motifs is 11. The van der Waals surface area contributed by atoms with Crippen molar-refractivity contribution in [3.63, 3.8) is 0 Å². The van der Waals surface area contributed by atoms with E-state index in [2.05, 4.69) is 146 Å². The standard InChI is InChI=1S/C52H36OS/c1-2-11-32-26-37(21-20-31(32)10-1)51-41-17-5-3-15-39(41)50(40-16-4-6-18-42(40)51)36-13-9-12-33(27-36)34-23-25-49-46(28-34)43-24-22-35-29-45-38-14-7-8-19-47(38)53-48(45)30-44(35)52(43)54-49/h1,3-8,10,12,14-22,24-30,34H,2,9,11,13,23H2. The van der Waals surface area contributed by atoms with Gasteiger partial charge in [-0.2, -0.15) is 0 Å². The maximum atomic E-state index is 6.33. The molecule has 0 spiro atoms. The molecular weight excluding hydrogens is 673 g/mol.